The number of aryl methyl sites for hydroxylation is 4. The second-order valence-electron chi connectivity index (χ2n) is 9.12. The summed E-state index contributed by atoms with van der Waals surface area (Å²) < 4.78 is 0. The van der Waals surface area contributed by atoms with E-state index in [1.807, 2.05) is 0 Å². The van der Waals surface area contributed by atoms with Crippen LogP contribution in [0.15, 0.2) is 36.4 Å². The molecular formula is C25H32N4. The van der Waals surface area contributed by atoms with Crippen molar-refractivity contribution in [3.8, 4) is 0 Å². The molecule has 1 atom stereocenters. The van der Waals surface area contributed by atoms with Crippen LogP contribution in [0.3, 0.4) is 0 Å². The van der Waals surface area contributed by atoms with Crippen molar-refractivity contribution in [1.82, 2.24) is 15.2 Å². The monoisotopic (exact) mass is 388 g/mol. The number of hydrogen-bond donors (Lipinski definition) is 2. The van der Waals surface area contributed by atoms with E-state index in [1.165, 1.54) is 33.4 Å². The van der Waals surface area contributed by atoms with Gasteiger partial charge in [0.1, 0.15) is 11.6 Å². The van der Waals surface area contributed by atoms with E-state index in [1.54, 1.807) is 0 Å². The molecule has 0 radical (unpaired) electrons. The fourth-order valence-corrected chi connectivity index (χ4v) is 4.89. The lowest BCUT2D eigenvalue weighted by Crippen LogP contribution is -2.38. The lowest BCUT2D eigenvalue weighted by Gasteiger charge is -2.36. The van der Waals surface area contributed by atoms with E-state index in [-0.39, 0.29) is 6.04 Å². The number of benzene rings is 2. The van der Waals surface area contributed by atoms with E-state index >= 15 is 0 Å². The van der Waals surface area contributed by atoms with Gasteiger partial charge in [-0.2, -0.15) is 0 Å². The van der Waals surface area contributed by atoms with Crippen molar-refractivity contribution >= 4 is 0 Å². The highest BCUT2D eigenvalue weighted by molar-refractivity contribution is 5.56. The SMILES string of the molecule is Cc1ccc2c(c1)CCc1cc(C)ccc1C2(C[C@H](C)N)c1nnc(C(C)C)[nH]1. The van der Waals surface area contributed by atoms with Crippen LogP contribution in [-0.4, -0.2) is 21.2 Å². The molecule has 1 aliphatic carbocycles. The highest BCUT2D eigenvalue weighted by Gasteiger charge is 2.44. The smallest absolute Gasteiger partial charge is 0.145 e. The Hall–Kier alpha value is -2.46. The van der Waals surface area contributed by atoms with Crippen LogP contribution >= 0.6 is 0 Å². The van der Waals surface area contributed by atoms with Gasteiger partial charge >= 0.3 is 0 Å². The van der Waals surface area contributed by atoms with Crippen molar-refractivity contribution < 1.29 is 0 Å². The lowest BCUT2D eigenvalue weighted by molar-refractivity contribution is 0.475. The predicted molar refractivity (Wildman–Crippen MR) is 118 cm³/mol. The number of hydrogen-bond acceptors (Lipinski definition) is 3. The third kappa shape index (κ3) is 3.40. The molecule has 0 saturated heterocycles. The van der Waals surface area contributed by atoms with Gasteiger partial charge in [0.2, 0.25) is 0 Å². The Morgan fingerprint density at radius 1 is 0.931 bits per heavy atom. The van der Waals surface area contributed by atoms with Gasteiger partial charge in [-0.05, 0) is 62.3 Å². The fraction of sp³-hybridized carbons (Fsp3) is 0.440. The van der Waals surface area contributed by atoms with Crippen molar-refractivity contribution in [3.63, 3.8) is 0 Å². The molecule has 1 aromatic heterocycles. The van der Waals surface area contributed by atoms with Gasteiger partial charge in [-0.15, -0.1) is 10.2 Å². The number of nitrogens with two attached hydrogens (primary N) is 1. The van der Waals surface area contributed by atoms with E-state index in [4.69, 9.17) is 10.8 Å². The molecule has 2 aromatic carbocycles. The van der Waals surface area contributed by atoms with Gasteiger partial charge in [-0.25, -0.2) is 0 Å². The zero-order valence-corrected chi connectivity index (χ0v) is 18.2. The molecule has 0 spiro atoms. The first-order valence-corrected chi connectivity index (χ1v) is 10.7. The maximum absolute atomic E-state index is 6.48. The Kier molecular flexibility index (Phi) is 5.07. The van der Waals surface area contributed by atoms with Crippen LogP contribution in [-0.2, 0) is 18.3 Å². The second kappa shape index (κ2) is 7.42. The van der Waals surface area contributed by atoms with E-state index in [0.29, 0.717) is 5.92 Å². The van der Waals surface area contributed by atoms with Gasteiger partial charge in [-0.3, -0.25) is 0 Å². The molecule has 0 amide bonds. The minimum atomic E-state index is -0.420. The highest BCUT2D eigenvalue weighted by atomic mass is 15.2. The van der Waals surface area contributed by atoms with E-state index in [0.717, 1.165) is 30.9 Å². The standard InChI is InChI=1S/C25H32N4/c1-15(2)23-27-24(29-28-23)25(14-18(5)26)21-10-6-16(3)12-19(21)8-9-20-13-17(4)7-11-22(20)25/h6-7,10-13,15,18H,8-9,14,26H2,1-5H3,(H,27,28,29)/t18-/m0/s1. The Labute approximate surface area is 174 Å². The van der Waals surface area contributed by atoms with Crippen LogP contribution in [0, 0.1) is 13.8 Å². The minimum absolute atomic E-state index is 0.0176. The molecule has 1 heterocycles. The molecule has 4 rings (SSSR count). The van der Waals surface area contributed by atoms with E-state index in [9.17, 15) is 0 Å². The van der Waals surface area contributed by atoms with Crippen molar-refractivity contribution in [1.29, 1.82) is 0 Å². The molecule has 0 fully saturated rings. The summed E-state index contributed by atoms with van der Waals surface area (Å²) in [5, 5.41) is 9.22. The molecule has 3 N–H and O–H groups in total. The molecule has 0 saturated carbocycles. The van der Waals surface area contributed by atoms with Crippen LogP contribution in [0.25, 0.3) is 0 Å². The summed E-state index contributed by atoms with van der Waals surface area (Å²) >= 11 is 0. The second-order valence-corrected chi connectivity index (χ2v) is 9.12. The third-order valence-corrected chi connectivity index (χ3v) is 6.19. The Morgan fingerprint density at radius 3 is 1.93 bits per heavy atom. The molecule has 0 bridgehead atoms. The Balaban J connectivity index is 2.08. The quantitative estimate of drug-likeness (QED) is 0.680. The molecule has 3 aromatic rings. The number of aromatic amines is 1. The Bertz CT molecular complexity index is 976. The van der Waals surface area contributed by atoms with Gasteiger partial charge in [0.25, 0.3) is 0 Å². The van der Waals surface area contributed by atoms with Crippen LogP contribution in [0.1, 0.15) is 78.1 Å². The van der Waals surface area contributed by atoms with Gasteiger partial charge < -0.3 is 10.7 Å². The fourth-order valence-electron chi connectivity index (χ4n) is 4.89. The Morgan fingerprint density at radius 2 is 1.48 bits per heavy atom. The molecule has 152 valence electrons. The maximum atomic E-state index is 6.48. The number of aromatic nitrogens is 3. The van der Waals surface area contributed by atoms with Gasteiger partial charge in [0.05, 0.1) is 5.41 Å². The number of fused-ring (bicyclic) bond motifs is 2. The van der Waals surface area contributed by atoms with Crippen molar-refractivity contribution in [2.24, 2.45) is 5.73 Å². The summed E-state index contributed by atoms with van der Waals surface area (Å²) in [5.41, 5.74) is 14.1. The van der Waals surface area contributed by atoms with Gasteiger partial charge in [0.15, 0.2) is 0 Å². The summed E-state index contributed by atoms with van der Waals surface area (Å²) in [6.07, 6.45) is 2.84. The first kappa shape index (κ1) is 19.8. The molecule has 4 nitrogen and oxygen atoms in total. The minimum Gasteiger partial charge on any atom is -0.328 e. The molecule has 4 heteroatoms. The third-order valence-electron chi connectivity index (χ3n) is 6.19. The topological polar surface area (TPSA) is 67.6 Å². The van der Waals surface area contributed by atoms with Crippen LogP contribution < -0.4 is 5.73 Å². The highest BCUT2D eigenvalue weighted by Crippen LogP contribution is 2.47. The summed E-state index contributed by atoms with van der Waals surface area (Å²) in [7, 11) is 0. The van der Waals surface area contributed by atoms with E-state index < -0.39 is 5.41 Å². The number of rotatable bonds is 4. The maximum Gasteiger partial charge on any atom is 0.145 e. The molecule has 0 aliphatic heterocycles. The molecular weight excluding hydrogens is 356 g/mol. The number of nitrogens with one attached hydrogen (secondary N) is 1. The van der Waals surface area contributed by atoms with Gasteiger partial charge in [-0.1, -0.05) is 61.4 Å². The summed E-state index contributed by atoms with van der Waals surface area (Å²) in [6, 6.07) is 13.7. The largest absolute Gasteiger partial charge is 0.328 e. The van der Waals surface area contributed by atoms with E-state index in [2.05, 4.69) is 81.1 Å². The number of H-pyrrole nitrogens is 1. The zero-order chi connectivity index (χ0) is 20.8. The predicted octanol–water partition coefficient (Wildman–Crippen LogP) is 4.72. The molecule has 0 unspecified atom stereocenters. The van der Waals surface area contributed by atoms with Crippen LogP contribution in [0.2, 0.25) is 0 Å². The summed E-state index contributed by atoms with van der Waals surface area (Å²) in [5.74, 6) is 2.13. The van der Waals surface area contributed by atoms with Crippen molar-refractivity contribution in [3.05, 3.63) is 81.4 Å². The summed E-state index contributed by atoms with van der Waals surface area (Å²) in [6.45, 7) is 10.7. The number of nitrogens with zero attached hydrogens (tertiary/aromatic N) is 2. The summed E-state index contributed by atoms with van der Waals surface area (Å²) in [4.78, 5) is 3.59. The molecule has 1 aliphatic rings. The average Bonchev–Trinajstić information content (AvgIpc) is 3.11. The average molecular weight is 389 g/mol. The van der Waals surface area contributed by atoms with Gasteiger partial charge in [0, 0.05) is 12.0 Å². The first-order valence-electron chi connectivity index (χ1n) is 10.7. The van der Waals surface area contributed by atoms with Crippen molar-refractivity contribution in [2.45, 2.75) is 71.3 Å². The zero-order valence-electron chi connectivity index (χ0n) is 18.2. The molecule has 29 heavy (non-hydrogen) atoms. The normalized spacial score (nSPS) is 16.2. The first-order chi connectivity index (χ1) is 13.8. The van der Waals surface area contributed by atoms with Crippen LogP contribution in [0.4, 0.5) is 0 Å². The van der Waals surface area contributed by atoms with Crippen LogP contribution in [0.5, 0.6) is 0 Å². The lowest BCUT2D eigenvalue weighted by atomic mass is 9.68. The van der Waals surface area contributed by atoms with Crippen molar-refractivity contribution in [2.75, 3.05) is 0 Å².